The number of carbonyl (C=O) groups is 1. The SMILES string of the molecule is CC(C)N(C)C(=O)c1ccncc1C#CCN. The third-order valence-electron chi connectivity index (χ3n) is 2.47. The zero-order chi connectivity index (χ0) is 12.8. The molecule has 0 fully saturated rings. The highest BCUT2D eigenvalue weighted by Gasteiger charge is 2.16. The summed E-state index contributed by atoms with van der Waals surface area (Å²) in [6.07, 6.45) is 3.18. The molecule has 0 unspecified atom stereocenters. The molecule has 90 valence electrons. The van der Waals surface area contributed by atoms with Crippen LogP contribution in [0.25, 0.3) is 0 Å². The van der Waals surface area contributed by atoms with Crippen LogP contribution >= 0.6 is 0 Å². The molecule has 2 N–H and O–H groups in total. The minimum absolute atomic E-state index is 0.0521. The summed E-state index contributed by atoms with van der Waals surface area (Å²) in [5.74, 6) is 5.55. The fourth-order valence-corrected chi connectivity index (χ4v) is 1.25. The zero-order valence-electron chi connectivity index (χ0n) is 10.4. The number of hydrogen-bond donors (Lipinski definition) is 1. The summed E-state index contributed by atoms with van der Waals surface area (Å²) < 4.78 is 0. The Kier molecular flexibility index (Phi) is 4.68. The lowest BCUT2D eigenvalue weighted by Gasteiger charge is -2.21. The molecule has 4 heteroatoms. The fraction of sp³-hybridized carbons (Fsp3) is 0.385. The highest BCUT2D eigenvalue weighted by molar-refractivity contribution is 5.96. The molecule has 1 heterocycles. The van der Waals surface area contributed by atoms with E-state index in [1.54, 1.807) is 30.4 Å². The van der Waals surface area contributed by atoms with Crippen molar-refractivity contribution in [3.05, 3.63) is 29.6 Å². The van der Waals surface area contributed by atoms with Crippen LogP contribution in [-0.4, -0.2) is 35.4 Å². The molecule has 0 radical (unpaired) electrons. The maximum Gasteiger partial charge on any atom is 0.255 e. The monoisotopic (exact) mass is 231 g/mol. The minimum Gasteiger partial charge on any atom is -0.339 e. The predicted molar refractivity (Wildman–Crippen MR) is 67.4 cm³/mol. The first kappa shape index (κ1) is 13.2. The lowest BCUT2D eigenvalue weighted by Crippen LogP contribution is -2.33. The molecule has 1 aromatic rings. The number of hydrogen-bond acceptors (Lipinski definition) is 3. The second-order valence-electron chi connectivity index (χ2n) is 3.94. The van der Waals surface area contributed by atoms with E-state index in [0.29, 0.717) is 11.1 Å². The van der Waals surface area contributed by atoms with Gasteiger partial charge in [-0.1, -0.05) is 11.8 Å². The summed E-state index contributed by atoms with van der Waals surface area (Å²) in [5, 5.41) is 0. The van der Waals surface area contributed by atoms with E-state index in [1.807, 2.05) is 13.8 Å². The maximum atomic E-state index is 12.2. The van der Waals surface area contributed by atoms with Crippen LogP contribution < -0.4 is 5.73 Å². The van der Waals surface area contributed by atoms with Gasteiger partial charge in [0.2, 0.25) is 0 Å². The van der Waals surface area contributed by atoms with E-state index in [2.05, 4.69) is 16.8 Å². The van der Waals surface area contributed by atoms with Crippen molar-refractivity contribution >= 4 is 5.91 Å². The molecular formula is C13H17N3O. The van der Waals surface area contributed by atoms with E-state index in [1.165, 1.54) is 0 Å². The molecule has 1 aromatic heterocycles. The number of amides is 1. The molecule has 0 bridgehead atoms. The van der Waals surface area contributed by atoms with Gasteiger partial charge >= 0.3 is 0 Å². The fourth-order valence-electron chi connectivity index (χ4n) is 1.25. The Labute approximate surface area is 102 Å². The normalized spacial score (nSPS) is 9.71. The predicted octanol–water partition coefficient (Wildman–Crippen LogP) is 0.872. The van der Waals surface area contributed by atoms with Gasteiger partial charge in [0, 0.05) is 25.5 Å². The average Bonchev–Trinajstić information content (AvgIpc) is 2.34. The molecule has 1 amide bonds. The summed E-state index contributed by atoms with van der Waals surface area (Å²) in [6.45, 7) is 4.19. The van der Waals surface area contributed by atoms with Crippen LogP contribution in [0.1, 0.15) is 29.8 Å². The van der Waals surface area contributed by atoms with Crippen LogP contribution in [0.15, 0.2) is 18.5 Å². The lowest BCUT2D eigenvalue weighted by atomic mass is 10.1. The van der Waals surface area contributed by atoms with Crippen molar-refractivity contribution < 1.29 is 4.79 Å². The number of nitrogens with two attached hydrogens (primary N) is 1. The van der Waals surface area contributed by atoms with E-state index in [4.69, 9.17) is 5.73 Å². The van der Waals surface area contributed by atoms with Gasteiger partial charge < -0.3 is 10.6 Å². The number of rotatable bonds is 2. The first-order valence-corrected chi connectivity index (χ1v) is 5.48. The van der Waals surface area contributed by atoms with Gasteiger partial charge in [0.15, 0.2) is 0 Å². The summed E-state index contributed by atoms with van der Waals surface area (Å²) >= 11 is 0. The standard InChI is InChI=1S/C13H17N3O/c1-10(2)16(3)13(17)12-6-8-15-9-11(12)5-4-7-14/h6,8-10H,7,14H2,1-3H3. The molecule has 1 rings (SSSR count). The van der Waals surface area contributed by atoms with Crippen molar-refractivity contribution in [2.45, 2.75) is 19.9 Å². The Bertz CT molecular complexity index is 457. The van der Waals surface area contributed by atoms with E-state index >= 15 is 0 Å². The van der Waals surface area contributed by atoms with Crippen molar-refractivity contribution in [2.24, 2.45) is 5.73 Å². The quantitative estimate of drug-likeness (QED) is 0.768. The second-order valence-corrected chi connectivity index (χ2v) is 3.94. The lowest BCUT2D eigenvalue weighted by molar-refractivity contribution is 0.0754. The van der Waals surface area contributed by atoms with Gasteiger partial charge in [0.05, 0.1) is 17.7 Å². The Morgan fingerprint density at radius 3 is 2.88 bits per heavy atom. The number of nitrogens with zero attached hydrogens (tertiary/aromatic N) is 2. The molecule has 0 aromatic carbocycles. The number of pyridine rings is 1. The van der Waals surface area contributed by atoms with Crippen molar-refractivity contribution in [3.8, 4) is 11.8 Å². The smallest absolute Gasteiger partial charge is 0.255 e. The van der Waals surface area contributed by atoms with Crippen molar-refractivity contribution in [1.82, 2.24) is 9.88 Å². The van der Waals surface area contributed by atoms with E-state index in [0.717, 1.165) is 0 Å². The molecular weight excluding hydrogens is 214 g/mol. The van der Waals surface area contributed by atoms with Crippen LogP contribution in [-0.2, 0) is 0 Å². The van der Waals surface area contributed by atoms with Gasteiger partial charge in [0.25, 0.3) is 5.91 Å². The van der Waals surface area contributed by atoms with Gasteiger partial charge in [0.1, 0.15) is 0 Å². The van der Waals surface area contributed by atoms with Crippen LogP contribution in [0.5, 0.6) is 0 Å². The highest BCUT2D eigenvalue weighted by Crippen LogP contribution is 2.10. The second kappa shape index (κ2) is 6.02. The highest BCUT2D eigenvalue weighted by atomic mass is 16.2. The molecule has 0 aliphatic rings. The largest absolute Gasteiger partial charge is 0.339 e. The molecule has 0 saturated heterocycles. The van der Waals surface area contributed by atoms with E-state index in [9.17, 15) is 4.79 Å². The minimum atomic E-state index is -0.0521. The van der Waals surface area contributed by atoms with Crippen molar-refractivity contribution in [3.63, 3.8) is 0 Å². The zero-order valence-corrected chi connectivity index (χ0v) is 10.4. The van der Waals surface area contributed by atoms with Gasteiger partial charge in [-0.3, -0.25) is 9.78 Å². The molecule has 17 heavy (non-hydrogen) atoms. The summed E-state index contributed by atoms with van der Waals surface area (Å²) in [7, 11) is 1.77. The van der Waals surface area contributed by atoms with Crippen molar-refractivity contribution in [1.29, 1.82) is 0 Å². The van der Waals surface area contributed by atoms with E-state index in [-0.39, 0.29) is 18.5 Å². The van der Waals surface area contributed by atoms with Crippen LogP contribution in [0.2, 0.25) is 0 Å². The Morgan fingerprint density at radius 2 is 2.29 bits per heavy atom. The third-order valence-corrected chi connectivity index (χ3v) is 2.47. The van der Waals surface area contributed by atoms with Crippen LogP contribution in [0.4, 0.5) is 0 Å². The third kappa shape index (κ3) is 3.30. The summed E-state index contributed by atoms with van der Waals surface area (Å²) in [5.41, 5.74) is 6.51. The summed E-state index contributed by atoms with van der Waals surface area (Å²) in [4.78, 5) is 17.8. The molecule has 0 atom stereocenters. The van der Waals surface area contributed by atoms with Gasteiger partial charge in [-0.05, 0) is 19.9 Å². The molecule has 0 aliphatic carbocycles. The molecule has 0 aliphatic heterocycles. The van der Waals surface area contributed by atoms with Gasteiger partial charge in [-0.25, -0.2) is 0 Å². The number of carbonyl (C=O) groups excluding carboxylic acids is 1. The molecule has 0 saturated carbocycles. The topological polar surface area (TPSA) is 59.2 Å². The Hall–Kier alpha value is -1.86. The first-order valence-electron chi connectivity index (χ1n) is 5.48. The first-order chi connectivity index (χ1) is 8.07. The van der Waals surface area contributed by atoms with Crippen LogP contribution in [0, 0.1) is 11.8 Å². The molecule has 0 spiro atoms. The van der Waals surface area contributed by atoms with Gasteiger partial charge in [-0.15, -0.1) is 0 Å². The molecule has 4 nitrogen and oxygen atoms in total. The summed E-state index contributed by atoms with van der Waals surface area (Å²) in [6, 6.07) is 1.83. The average molecular weight is 231 g/mol. The Balaban J connectivity index is 3.09. The van der Waals surface area contributed by atoms with Crippen LogP contribution in [0.3, 0.4) is 0 Å². The van der Waals surface area contributed by atoms with E-state index < -0.39 is 0 Å². The van der Waals surface area contributed by atoms with Crippen molar-refractivity contribution in [2.75, 3.05) is 13.6 Å². The maximum absolute atomic E-state index is 12.2. The number of aromatic nitrogens is 1. The van der Waals surface area contributed by atoms with Gasteiger partial charge in [-0.2, -0.15) is 0 Å². The Morgan fingerprint density at radius 1 is 1.59 bits per heavy atom.